The van der Waals surface area contributed by atoms with E-state index in [0.717, 1.165) is 12.5 Å². The molecule has 0 amide bonds. The Bertz CT molecular complexity index is 207. The maximum Gasteiger partial charge on any atom is 0.0302 e. The molecule has 1 heteroatoms. The highest BCUT2D eigenvalue weighted by atomic mass is 14.9. The number of hydrogen-bond acceptors (Lipinski definition) is 1. The van der Waals surface area contributed by atoms with Gasteiger partial charge in [-0.2, -0.15) is 0 Å². The Morgan fingerprint density at radius 2 is 1.93 bits per heavy atom. The van der Waals surface area contributed by atoms with Crippen molar-refractivity contribution in [2.45, 2.75) is 59.4 Å². The zero-order chi connectivity index (χ0) is 11.5. The van der Waals surface area contributed by atoms with Gasteiger partial charge in [0.25, 0.3) is 0 Å². The molecule has 0 bridgehead atoms. The van der Waals surface area contributed by atoms with E-state index in [0.29, 0.717) is 11.5 Å². The highest BCUT2D eigenvalue weighted by Gasteiger charge is 2.31. The molecule has 88 valence electrons. The number of likely N-dealkylation sites (N-methyl/N-ethyl adjacent to an activating group) is 1. The molecular formula is C14H27N. The summed E-state index contributed by atoms with van der Waals surface area (Å²) in [6.45, 7) is 14.3. The summed E-state index contributed by atoms with van der Waals surface area (Å²) in [5, 5.41) is 3.58. The summed E-state index contributed by atoms with van der Waals surface area (Å²) >= 11 is 0. The van der Waals surface area contributed by atoms with Gasteiger partial charge in [0.05, 0.1) is 0 Å². The maximum absolute atomic E-state index is 4.12. The summed E-state index contributed by atoms with van der Waals surface area (Å²) in [5.74, 6) is 0.815. The van der Waals surface area contributed by atoms with Crippen molar-refractivity contribution in [2.24, 2.45) is 11.3 Å². The first-order valence-corrected chi connectivity index (χ1v) is 6.35. The molecule has 1 atom stereocenters. The van der Waals surface area contributed by atoms with Gasteiger partial charge in [-0.15, -0.1) is 0 Å². The van der Waals surface area contributed by atoms with Crippen molar-refractivity contribution in [3.63, 3.8) is 0 Å². The van der Waals surface area contributed by atoms with Crippen LogP contribution in [0.5, 0.6) is 0 Å². The van der Waals surface area contributed by atoms with Gasteiger partial charge < -0.3 is 5.32 Å². The van der Waals surface area contributed by atoms with Crippen LogP contribution in [0, 0.1) is 11.3 Å². The van der Waals surface area contributed by atoms with Gasteiger partial charge >= 0.3 is 0 Å². The lowest BCUT2D eigenvalue weighted by Gasteiger charge is -2.38. The van der Waals surface area contributed by atoms with Crippen LogP contribution in [-0.2, 0) is 0 Å². The molecule has 1 nitrogen and oxygen atoms in total. The van der Waals surface area contributed by atoms with Crippen molar-refractivity contribution in [3.8, 4) is 0 Å². The average Bonchev–Trinajstić information content (AvgIpc) is 2.14. The molecule has 0 radical (unpaired) electrons. The molecule has 1 rings (SSSR count). The van der Waals surface area contributed by atoms with Crippen LogP contribution in [0.1, 0.15) is 53.4 Å². The summed E-state index contributed by atoms with van der Waals surface area (Å²) in [6, 6.07) is 0.547. The molecule has 1 aliphatic carbocycles. The van der Waals surface area contributed by atoms with E-state index in [4.69, 9.17) is 0 Å². The van der Waals surface area contributed by atoms with Crippen LogP contribution in [0.25, 0.3) is 0 Å². The van der Waals surface area contributed by atoms with E-state index >= 15 is 0 Å². The minimum atomic E-state index is 0.547. The van der Waals surface area contributed by atoms with E-state index < -0.39 is 0 Å². The topological polar surface area (TPSA) is 12.0 Å². The fourth-order valence-corrected chi connectivity index (χ4v) is 2.72. The van der Waals surface area contributed by atoms with Gasteiger partial charge in [0, 0.05) is 6.04 Å². The van der Waals surface area contributed by atoms with Crippen LogP contribution < -0.4 is 5.32 Å². The molecular weight excluding hydrogens is 182 g/mol. The second-order valence-corrected chi connectivity index (χ2v) is 5.88. The van der Waals surface area contributed by atoms with Crippen molar-refractivity contribution < 1.29 is 0 Å². The van der Waals surface area contributed by atoms with E-state index in [9.17, 15) is 0 Å². The summed E-state index contributed by atoms with van der Waals surface area (Å²) < 4.78 is 0. The van der Waals surface area contributed by atoms with Crippen molar-refractivity contribution in [2.75, 3.05) is 6.54 Å². The van der Waals surface area contributed by atoms with Crippen LogP contribution >= 0.6 is 0 Å². The van der Waals surface area contributed by atoms with Crippen molar-refractivity contribution >= 4 is 0 Å². The van der Waals surface area contributed by atoms with Gasteiger partial charge in [-0.25, -0.2) is 0 Å². The Kier molecular flexibility index (Phi) is 4.39. The van der Waals surface area contributed by atoms with Crippen LogP contribution in [0.15, 0.2) is 12.2 Å². The Hall–Kier alpha value is -0.300. The van der Waals surface area contributed by atoms with E-state index in [1.165, 1.54) is 31.3 Å². The lowest BCUT2D eigenvalue weighted by molar-refractivity contribution is 0.171. The van der Waals surface area contributed by atoms with Crippen molar-refractivity contribution in [1.82, 2.24) is 5.32 Å². The predicted octanol–water partition coefficient (Wildman–Crippen LogP) is 3.76. The standard InChI is InChI=1S/C14H27N/c1-6-15-13(11(2)3)12-7-9-14(4,5)10-8-12/h12-13,15H,2,6-10H2,1,3-5H3. The first kappa shape index (κ1) is 12.8. The Morgan fingerprint density at radius 1 is 1.40 bits per heavy atom. The first-order chi connectivity index (χ1) is 6.96. The van der Waals surface area contributed by atoms with Gasteiger partial charge in [0.2, 0.25) is 0 Å². The quantitative estimate of drug-likeness (QED) is 0.695. The van der Waals surface area contributed by atoms with Crippen molar-refractivity contribution in [3.05, 3.63) is 12.2 Å². The minimum Gasteiger partial charge on any atom is -0.310 e. The molecule has 1 saturated carbocycles. The summed E-state index contributed by atoms with van der Waals surface area (Å²) in [4.78, 5) is 0. The number of nitrogens with one attached hydrogen (secondary N) is 1. The Balaban J connectivity index is 2.52. The first-order valence-electron chi connectivity index (χ1n) is 6.35. The Labute approximate surface area is 95.3 Å². The number of rotatable bonds is 4. The summed E-state index contributed by atoms with van der Waals surface area (Å²) in [7, 11) is 0. The van der Waals surface area contributed by atoms with E-state index in [1.807, 2.05) is 0 Å². The highest BCUT2D eigenvalue weighted by molar-refractivity contribution is 5.05. The van der Waals surface area contributed by atoms with Gasteiger partial charge in [-0.3, -0.25) is 0 Å². The zero-order valence-electron chi connectivity index (χ0n) is 10.9. The third-order valence-corrected chi connectivity index (χ3v) is 3.81. The largest absolute Gasteiger partial charge is 0.310 e. The van der Waals surface area contributed by atoms with Crippen molar-refractivity contribution in [1.29, 1.82) is 0 Å². The van der Waals surface area contributed by atoms with Gasteiger partial charge in [-0.1, -0.05) is 32.9 Å². The normalized spacial score (nSPS) is 23.7. The molecule has 1 unspecified atom stereocenters. The molecule has 1 N–H and O–H groups in total. The average molecular weight is 209 g/mol. The van der Waals surface area contributed by atoms with E-state index in [1.54, 1.807) is 0 Å². The molecule has 0 heterocycles. The monoisotopic (exact) mass is 209 g/mol. The second-order valence-electron chi connectivity index (χ2n) is 5.88. The van der Waals surface area contributed by atoms with E-state index in [-0.39, 0.29) is 0 Å². The smallest absolute Gasteiger partial charge is 0.0302 e. The second kappa shape index (κ2) is 5.16. The van der Waals surface area contributed by atoms with Crippen LogP contribution in [0.3, 0.4) is 0 Å². The van der Waals surface area contributed by atoms with Crippen LogP contribution in [-0.4, -0.2) is 12.6 Å². The fraction of sp³-hybridized carbons (Fsp3) is 0.857. The highest BCUT2D eigenvalue weighted by Crippen LogP contribution is 2.40. The number of hydrogen-bond donors (Lipinski definition) is 1. The molecule has 0 aromatic heterocycles. The lowest BCUT2D eigenvalue weighted by Crippen LogP contribution is -2.39. The third-order valence-electron chi connectivity index (χ3n) is 3.81. The van der Waals surface area contributed by atoms with Gasteiger partial charge in [0.15, 0.2) is 0 Å². The van der Waals surface area contributed by atoms with Gasteiger partial charge in [-0.05, 0) is 50.5 Å². The molecule has 0 aromatic carbocycles. The Morgan fingerprint density at radius 3 is 2.33 bits per heavy atom. The molecule has 15 heavy (non-hydrogen) atoms. The zero-order valence-corrected chi connectivity index (χ0v) is 10.9. The minimum absolute atomic E-state index is 0.547. The van der Waals surface area contributed by atoms with E-state index in [2.05, 4.69) is 39.6 Å². The van der Waals surface area contributed by atoms with Crippen LogP contribution in [0.4, 0.5) is 0 Å². The third kappa shape index (κ3) is 3.64. The van der Waals surface area contributed by atoms with Gasteiger partial charge in [0.1, 0.15) is 0 Å². The molecule has 0 saturated heterocycles. The summed E-state index contributed by atoms with van der Waals surface area (Å²) in [5.41, 5.74) is 1.88. The predicted molar refractivity (Wildman–Crippen MR) is 68.0 cm³/mol. The maximum atomic E-state index is 4.12. The molecule has 0 aromatic rings. The fourth-order valence-electron chi connectivity index (χ4n) is 2.72. The van der Waals surface area contributed by atoms with Crippen LogP contribution in [0.2, 0.25) is 0 Å². The molecule has 0 spiro atoms. The molecule has 1 aliphatic rings. The SMILES string of the molecule is C=C(C)C(NCC)C1CCC(C)(C)CC1. The summed E-state index contributed by atoms with van der Waals surface area (Å²) in [6.07, 6.45) is 5.45. The lowest BCUT2D eigenvalue weighted by atomic mass is 9.70. The molecule has 1 fully saturated rings. The molecule has 0 aliphatic heterocycles.